The molecule has 238 valence electrons. The van der Waals surface area contributed by atoms with Crippen molar-refractivity contribution in [3.05, 3.63) is 12.2 Å². The van der Waals surface area contributed by atoms with Crippen molar-refractivity contribution in [3.63, 3.8) is 0 Å². The van der Waals surface area contributed by atoms with Gasteiger partial charge in [-0.3, -0.25) is 13.8 Å². The minimum atomic E-state index is -4.31. The van der Waals surface area contributed by atoms with E-state index in [2.05, 4.69) is 19.2 Å². The van der Waals surface area contributed by atoms with E-state index in [4.69, 9.17) is 14.8 Å². The Kier molecular flexibility index (Phi) is 27.8. The number of phosphoric ester groups is 1. The zero-order valence-electron chi connectivity index (χ0n) is 25.8. The third-order valence-electron chi connectivity index (χ3n) is 7.11. The molecule has 0 bridgehead atoms. The molecule has 8 nitrogen and oxygen atoms in total. The number of carbonyl (C=O) groups is 1. The van der Waals surface area contributed by atoms with Gasteiger partial charge >= 0.3 is 7.82 Å². The first-order valence-electron chi connectivity index (χ1n) is 16.3. The number of rotatable bonds is 30. The van der Waals surface area contributed by atoms with Gasteiger partial charge in [-0.15, -0.1) is 0 Å². The van der Waals surface area contributed by atoms with Gasteiger partial charge in [0.2, 0.25) is 5.91 Å². The van der Waals surface area contributed by atoms with Crippen molar-refractivity contribution in [1.29, 1.82) is 0 Å². The number of aliphatic hydroxyl groups is 1. The van der Waals surface area contributed by atoms with Crippen LogP contribution in [0.2, 0.25) is 0 Å². The van der Waals surface area contributed by atoms with Crippen molar-refractivity contribution >= 4 is 13.7 Å². The predicted molar refractivity (Wildman–Crippen MR) is 166 cm³/mol. The summed E-state index contributed by atoms with van der Waals surface area (Å²) < 4.78 is 21.9. The molecule has 0 aliphatic carbocycles. The molecule has 0 aromatic rings. The number of hydrogen-bond donors (Lipinski definition) is 4. The molecule has 1 amide bonds. The third kappa shape index (κ3) is 26.2. The zero-order chi connectivity index (χ0) is 29.7. The van der Waals surface area contributed by atoms with Crippen LogP contribution in [0.4, 0.5) is 0 Å². The molecule has 0 spiro atoms. The van der Waals surface area contributed by atoms with Gasteiger partial charge in [0, 0.05) is 13.0 Å². The molecular weight excluding hydrogens is 527 g/mol. The van der Waals surface area contributed by atoms with Crippen LogP contribution in [0.15, 0.2) is 12.2 Å². The van der Waals surface area contributed by atoms with Crippen molar-refractivity contribution in [2.24, 2.45) is 5.73 Å². The summed E-state index contributed by atoms with van der Waals surface area (Å²) in [5.74, 6) is -0.198. The van der Waals surface area contributed by atoms with Crippen molar-refractivity contribution in [2.75, 3.05) is 19.8 Å². The Balaban J connectivity index is 4.39. The summed E-state index contributed by atoms with van der Waals surface area (Å²) in [5.41, 5.74) is 5.33. The zero-order valence-corrected chi connectivity index (χ0v) is 26.7. The minimum Gasteiger partial charge on any atom is -0.387 e. The Morgan fingerprint density at radius 3 is 1.77 bits per heavy atom. The lowest BCUT2D eigenvalue weighted by molar-refractivity contribution is -0.123. The number of aliphatic hydroxyl groups excluding tert-OH is 1. The molecular formula is C31H63N2O6P. The second-order valence-electron chi connectivity index (χ2n) is 11.0. The molecule has 0 aromatic heterocycles. The highest BCUT2D eigenvalue weighted by atomic mass is 31.2. The molecule has 5 N–H and O–H groups in total. The largest absolute Gasteiger partial charge is 0.472 e. The maximum atomic E-state index is 12.6. The molecule has 0 aliphatic heterocycles. The Hall–Kier alpha value is -0.760. The van der Waals surface area contributed by atoms with E-state index in [1.807, 2.05) is 6.08 Å². The van der Waals surface area contributed by atoms with E-state index < -0.39 is 20.0 Å². The maximum absolute atomic E-state index is 12.6. The van der Waals surface area contributed by atoms with E-state index in [1.54, 1.807) is 6.08 Å². The van der Waals surface area contributed by atoms with Crippen LogP contribution in [-0.4, -0.2) is 47.8 Å². The molecule has 0 heterocycles. The first-order chi connectivity index (χ1) is 19.4. The average molecular weight is 591 g/mol. The van der Waals surface area contributed by atoms with E-state index in [9.17, 15) is 19.4 Å². The van der Waals surface area contributed by atoms with E-state index in [0.717, 1.165) is 38.5 Å². The highest BCUT2D eigenvalue weighted by molar-refractivity contribution is 7.47. The van der Waals surface area contributed by atoms with Crippen molar-refractivity contribution < 1.29 is 28.4 Å². The average Bonchev–Trinajstić information content (AvgIpc) is 2.93. The van der Waals surface area contributed by atoms with Gasteiger partial charge in [-0.25, -0.2) is 4.57 Å². The van der Waals surface area contributed by atoms with Gasteiger partial charge in [0.15, 0.2) is 0 Å². The summed E-state index contributed by atoms with van der Waals surface area (Å²) in [6, 6.07) is -0.850. The second-order valence-corrected chi connectivity index (χ2v) is 12.5. The van der Waals surface area contributed by atoms with Gasteiger partial charge in [0.1, 0.15) is 0 Å². The summed E-state index contributed by atoms with van der Waals surface area (Å²) in [7, 11) is -4.31. The van der Waals surface area contributed by atoms with Crippen LogP contribution < -0.4 is 11.1 Å². The third-order valence-corrected chi connectivity index (χ3v) is 8.10. The SMILES string of the molecule is CCCCCCCCC/C=C/[C@@H](O)[C@H](COP(=O)(O)OCCN)NC(=O)CCCCCCCCCCCCCC. The Labute approximate surface area is 245 Å². The van der Waals surface area contributed by atoms with Gasteiger partial charge in [-0.05, 0) is 19.3 Å². The normalized spacial score (nSPS) is 14.8. The van der Waals surface area contributed by atoms with Crippen LogP contribution in [0.3, 0.4) is 0 Å². The van der Waals surface area contributed by atoms with E-state index in [-0.39, 0.29) is 25.7 Å². The Morgan fingerprint density at radius 2 is 1.27 bits per heavy atom. The Bertz CT molecular complexity index is 649. The number of hydrogen-bond acceptors (Lipinski definition) is 6. The summed E-state index contributed by atoms with van der Waals surface area (Å²) in [6.45, 7) is 4.07. The lowest BCUT2D eigenvalue weighted by Crippen LogP contribution is -2.45. The first kappa shape index (κ1) is 39.2. The Morgan fingerprint density at radius 1 is 0.800 bits per heavy atom. The standard InChI is InChI=1S/C31H63N2O6P/c1-3-5-7-9-11-13-14-15-17-19-21-23-25-31(35)33-29(28-39-40(36,37)38-27-26-32)30(34)24-22-20-18-16-12-10-8-6-4-2/h22,24,29-30,34H,3-21,23,25-28,32H2,1-2H3,(H,33,35)(H,36,37)/b24-22+/t29-,30+/m0/s1. The second kappa shape index (κ2) is 28.4. The molecule has 40 heavy (non-hydrogen) atoms. The van der Waals surface area contributed by atoms with Gasteiger partial charge in [0.05, 0.1) is 25.4 Å². The van der Waals surface area contributed by atoms with Gasteiger partial charge < -0.3 is 21.1 Å². The molecule has 0 rings (SSSR count). The summed E-state index contributed by atoms with van der Waals surface area (Å²) >= 11 is 0. The number of nitrogens with one attached hydrogen (secondary N) is 1. The van der Waals surface area contributed by atoms with Crippen molar-refractivity contribution in [2.45, 2.75) is 161 Å². The number of nitrogens with two attached hydrogens (primary N) is 1. The lowest BCUT2D eigenvalue weighted by Gasteiger charge is -2.23. The fourth-order valence-electron chi connectivity index (χ4n) is 4.60. The van der Waals surface area contributed by atoms with Crippen LogP contribution in [0.1, 0.15) is 149 Å². The van der Waals surface area contributed by atoms with Crippen LogP contribution in [0.5, 0.6) is 0 Å². The summed E-state index contributed by atoms with van der Waals surface area (Å²) in [5, 5.41) is 13.5. The highest BCUT2D eigenvalue weighted by Crippen LogP contribution is 2.43. The first-order valence-corrected chi connectivity index (χ1v) is 17.8. The van der Waals surface area contributed by atoms with Crippen LogP contribution in [0.25, 0.3) is 0 Å². The van der Waals surface area contributed by atoms with Gasteiger partial charge in [-0.1, -0.05) is 135 Å². The van der Waals surface area contributed by atoms with E-state index >= 15 is 0 Å². The molecule has 1 unspecified atom stereocenters. The molecule has 0 saturated carbocycles. The minimum absolute atomic E-state index is 0.0804. The fourth-order valence-corrected chi connectivity index (χ4v) is 5.36. The lowest BCUT2D eigenvalue weighted by atomic mass is 10.0. The van der Waals surface area contributed by atoms with E-state index in [0.29, 0.717) is 6.42 Å². The molecule has 0 radical (unpaired) electrons. The molecule has 0 saturated heterocycles. The molecule has 0 aliphatic rings. The number of amides is 1. The quantitative estimate of drug-likeness (QED) is 0.0383. The topological polar surface area (TPSA) is 131 Å². The number of carbonyl (C=O) groups excluding carboxylic acids is 1. The number of allylic oxidation sites excluding steroid dienone is 1. The highest BCUT2D eigenvalue weighted by Gasteiger charge is 2.26. The number of phosphoric acid groups is 1. The van der Waals surface area contributed by atoms with Crippen LogP contribution >= 0.6 is 7.82 Å². The maximum Gasteiger partial charge on any atom is 0.472 e. The van der Waals surface area contributed by atoms with Crippen molar-refractivity contribution in [1.82, 2.24) is 5.32 Å². The monoisotopic (exact) mass is 590 g/mol. The summed E-state index contributed by atoms with van der Waals surface area (Å²) in [6.07, 6.45) is 26.8. The predicted octanol–water partition coefficient (Wildman–Crippen LogP) is 7.71. The van der Waals surface area contributed by atoms with Crippen molar-refractivity contribution in [3.8, 4) is 0 Å². The number of unbranched alkanes of at least 4 members (excludes halogenated alkanes) is 18. The molecule has 0 aromatic carbocycles. The van der Waals surface area contributed by atoms with Gasteiger partial charge in [0.25, 0.3) is 0 Å². The van der Waals surface area contributed by atoms with Gasteiger partial charge in [-0.2, -0.15) is 0 Å². The van der Waals surface area contributed by atoms with E-state index in [1.165, 1.54) is 89.9 Å². The molecule has 3 atom stereocenters. The summed E-state index contributed by atoms with van der Waals surface area (Å²) in [4.78, 5) is 22.4. The smallest absolute Gasteiger partial charge is 0.387 e. The van der Waals surface area contributed by atoms with Crippen LogP contribution in [-0.2, 0) is 18.4 Å². The molecule has 0 fully saturated rings. The fraction of sp³-hybridized carbons (Fsp3) is 0.903. The molecule has 9 heteroatoms. The van der Waals surface area contributed by atoms with Crippen LogP contribution in [0, 0.1) is 0 Å².